The van der Waals surface area contributed by atoms with Crippen molar-refractivity contribution in [2.24, 2.45) is 0 Å². The first-order chi connectivity index (χ1) is 9.33. The molecule has 2 fully saturated rings. The SMILES string of the molecule is CN(Cc1nc(C2CCOC2)no1)C1CCNCC1.Cl.Cl. The first-order valence-electron chi connectivity index (χ1n) is 7.14. The second-order valence-corrected chi connectivity index (χ2v) is 5.50. The van der Waals surface area contributed by atoms with Crippen LogP contribution < -0.4 is 5.32 Å². The lowest BCUT2D eigenvalue weighted by Gasteiger charge is -2.30. The van der Waals surface area contributed by atoms with Crippen LogP contribution in [0.15, 0.2) is 4.52 Å². The summed E-state index contributed by atoms with van der Waals surface area (Å²) in [6.07, 6.45) is 3.38. The van der Waals surface area contributed by atoms with Crippen LogP contribution in [0.3, 0.4) is 0 Å². The van der Waals surface area contributed by atoms with Crippen LogP contribution >= 0.6 is 24.8 Å². The molecule has 2 saturated heterocycles. The van der Waals surface area contributed by atoms with Crippen molar-refractivity contribution in [3.05, 3.63) is 11.7 Å². The zero-order valence-electron chi connectivity index (χ0n) is 12.3. The predicted molar refractivity (Wildman–Crippen MR) is 84.3 cm³/mol. The maximum Gasteiger partial charge on any atom is 0.240 e. The van der Waals surface area contributed by atoms with Gasteiger partial charge >= 0.3 is 0 Å². The molecule has 8 heteroatoms. The molecule has 122 valence electrons. The van der Waals surface area contributed by atoms with E-state index in [9.17, 15) is 0 Å². The fourth-order valence-electron chi connectivity index (χ4n) is 2.83. The highest BCUT2D eigenvalue weighted by atomic mass is 35.5. The molecule has 1 atom stereocenters. The molecule has 1 unspecified atom stereocenters. The van der Waals surface area contributed by atoms with Crippen molar-refractivity contribution in [2.75, 3.05) is 33.4 Å². The van der Waals surface area contributed by atoms with E-state index in [2.05, 4.69) is 27.4 Å². The van der Waals surface area contributed by atoms with Gasteiger partial charge in [-0.15, -0.1) is 24.8 Å². The summed E-state index contributed by atoms with van der Waals surface area (Å²) < 4.78 is 10.7. The fraction of sp³-hybridized carbons (Fsp3) is 0.846. The largest absolute Gasteiger partial charge is 0.381 e. The molecular formula is C13H24Cl2N4O2. The summed E-state index contributed by atoms with van der Waals surface area (Å²) in [7, 11) is 2.14. The summed E-state index contributed by atoms with van der Waals surface area (Å²) in [4.78, 5) is 6.83. The van der Waals surface area contributed by atoms with Gasteiger partial charge in [0.05, 0.1) is 13.2 Å². The van der Waals surface area contributed by atoms with Crippen molar-refractivity contribution >= 4 is 24.8 Å². The van der Waals surface area contributed by atoms with Crippen molar-refractivity contribution in [1.82, 2.24) is 20.4 Å². The highest BCUT2D eigenvalue weighted by Gasteiger charge is 2.24. The van der Waals surface area contributed by atoms with E-state index in [4.69, 9.17) is 9.26 Å². The number of aromatic nitrogens is 2. The highest BCUT2D eigenvalue weighted by Crippen LogP contribution is 2.23. The minimum absolute atomic E-state index is 0. The van der Waals surface area contributed by atoms with Gasteiger partial charge in [-0.3, -0.25) is 4.90 Å². The van der Waals surface area contributed by atoms with Gasteiger partial charge in [-0.25, -0.2) is 0 Å². The first kappa shape index (κ1) is 18.6. The van der Waals surface area contributed by atoms with Crippen LogP contribution in [-0.4, -0.2) is 54.4 Å². The van der Waals surface area contributed by atoms with Gasteiger partial charge in [0.1, 0.15) is 0 Å². The van der Waals surface area contributed by atoms with E-state index < -0.39 is 0 Å². The number of ether oxygens (including phenoxy) is 1. The van der Waals surface area contributed by atoms with Crippen LogP contribution in [0.4, 0.5) is 0 Å². The van der Waals surface area contributed by atoms with Gasteiger partial charge < -0.3 is 14.6 Å². The Hall–Kier alpha value is -0.400. The monoisotopic (exact) mass is 338 g/mol. The minimum atomic E-state index is 0. The molecule has 21 heavy (non-hydrogen) atoms. The van der Waals surface area contributed by atoms with Crippen molar-refractivity contribution in [3.8, 4) is 0 Å². The molecule has 0 aromatic carbocycles. The van der Waals surface area contributed by atoms with Gasteiger partial charge in [-0.2, -0.15) is 4.98 Å². The molecule has 2 aliphatic rings. The van der Waals surface area contributed by atoms with E-state index in [0.29, 0.717) is 12.0 Å². The molecule has 0 radical (unpaired) electrons. The number of hydrogen-bond acceptors (Lipinski definition) is 6. The van der Waals surface area contributed by atoms with Gasteiger partial charge in [0.25, 0.3) is 0 Å². The van der Waals surface area contributed by atoms with Crippen molar-refractivity contribution in [1.29, 1.82) is 0 Å². The Bertz CT molecular complexity index is 407. The summed E-state index contributed by atoms with van der Waals surface area (Å²) in [6.45, 7) is 4.48. The Morgan fingerprint density at radius 3 is 2.67 bits per heavy atom. The van der Waals surface area contributed by atoms with Crippen LogP contribution in [0.25, 0.3) is 0 Å². The Morgan fingerprint density at radius 2 is 2.00 bits per heavy atom. The molecule has 0 aliphatic carbocycles. The maximum absolute atomic E-state index is 5.36. The summed E-state index contributed by atoms with van der Waals surface area (Å²) in [5, 5.41) is 7.47. The second-order valence-electron chi connectivity index (χ2n) is 5.50. The van der Waals surface area contributed by atoms with E-state index in [1.54, 1.807) is 0 Å². The molecule has 0 bridgehead atoms. The number of rotatable bonds is 4. The molecule has 0 amide bonds. The van der Waals surface area contributed by atoms with E-state index in [0.717, 1.165) is 51.0 Å². The fourth-order valence-corrected chi connectivity index (χ4v) is 2.83. The van der Waals surface area contributed by atoms with Crippen LogP contribution in [0, 0.1) is 0 Å². The minimum Gasteiger partial charge on any atom is -0.381 e. The molecule has 2 aliphatic heterocycles. The van der Waals surface area contributed by atoms with Gasteiger partial charge in [0, 0.05) is 18.6 Å². The Labute approximate surface area is 137 Å². The third-order valence-electron chi connectivity index (χ3n) is 4.10. The number of nitrogens with one attached hydrogen (secondary N) is 1. The molecule has 1 aromatic heterocycles. The molecule has 0 saturated carbocycles. The standard InChI is InChI=1S/C13H22N4O2.2ClH/c1-17(11-2-5-14-6-3-11)8-12-15-13(16-19-12)10-4-7-18-9-10;;/h10-11,14H,2-9H2,1H3;2*1H. The molecule has 1 N–H and O–H groups in total. The number of nitrogens with zero attached hydrogens (tertiary/aromatic N) is 3. The Balaban J connectivity index is 0.00000110. The van der Waals surface area contributed by atoms with Crippen molar-refractivity contribution in [2.45, 2.75) is 37.8 Å². The Morgan fingerprint density at radius 1 is 1.24 bits per heavy atom. The molecule has 6 nitrogen and oxygen atoms in total. The second kappa shape index (κ2) is 8.90. The topological polar surface area (TPSA) is 63.4 Å². The zero-order chi connectivity index (χ0) is 13.1. The summed E-state index contributed by atoms with van der Waals surface area (Å²) >= 11 is 0. The van der Waals surface area contributed by atoms with Crippen molar-refractivity contribution < 1.29 is 9.26 Å². The molecule has 3 heterocycles. The highest BCUT2D eigenvalue weighted by molar-refractivity contribution is 5.85. The third kappa shape index (κ3) is 4.79. The van der Waals surface area contributed by atoms with Crippen LogP contribution in [0.5, 0.6) is 0 Å². The smallest absolute Gasteiger partial charge is 0.240 e. The lowest BCUT2D eigenvalue weighted by molar-refractivity contribution is 0.170. The predicted octanol–water partition coefficient (Wildman–Crippen LogP) is 1.60. The van der Waals surface area contributed by atoms with Gasteiger partial charge in [-0.05, 0) is 39.4 Å². The average Bonchev–Trinajstić information content (AvgIpc) is 3.10. The lowest BCUT2D eigenvalue weighted by Crippen LogP contribution is -2.40. The van der Waals surface area contributed by atoms with Gasteiger partial charge in [0.2, 0.25) is 5.89 Å². The van der Waals surface area contributed by atoms with Gasteiger partial charge in [0.15, 0.2) is 5.82 Å². The quantitative estimate of drug-likeness (QED) is 0.899. The first-order valence-corrected chi connectivity index (χ1v) is 7.14. The summed E-state index contributed by atoms with van der Waals surface area (Å²) in [6, 6.07) is 0.617. The summed E-state index contributed by atoms with van der Waals surface area (Å²) in [5.74, 6) is 1.86. The zero-order valence-corrected chi connectivity index (χ0v) is 13.9. The van der Waals surface area contributed by atoms with Crippen LogP contribution in [0.2, 0.25) is 0 Å². The normalized spacial score (nSPS) is 22.9. The summed E-state index contributed by atoms with van der Waals surface area (Å²) in [5.41, 5.74) is 0. The van der Waals surface area contributed by atoms with Crippen LogP contribution in [0.1, 0.15) is 36.9 Å². The van der Waals surface area contributed by atoms with Gasteiger partial charge in [-0.1, -0.05) is 5.16 Å². The van der Waals surface area contributed by atoms with E-state index in [1.807, 2.05) is 0 Å². The average molecular weight is 339 g/mol. The third-order valence-corrected chi connectivity index (χ3v) is 4.10. The number of halogens is 2. The van der Waals surface area contributed by atoms with Crippen LogP contribution in [-0.2, 0) is 11.3 Å². The molecular weight excluding hydrogens is 315 g/mol. The Kier molecular flexibility index (Phi) is 7.90. The molecule has 0 spiro atoms. The van der Waals surface area contributed by atoms with E-state index in [1.165, 1.54) is 12.8 Å². The van der Waals surface area contributed by atoms with Crippen molar-refractivity contribution in [3.63, 3.8) is 0 Å². The molecule has 1 aromatic rings. The molecule has 3 rings (SSSR count). The number of piperidine rings is 1. The lowest BCUT2D eigenvalue weighted by atomic mass is 10.1. The number of hydrogen-bond donors (Lipinski definition) is 1. The van der Waals surface area contributed by atoms with E-state index in [-0.39, 0.29) is 24.8 Å². The van der Waals surface area contributed by atoms with E-state index >= 15 is 0 Å². The maximum atomic E-state index is 5.36.